The van der Waals surface area contributed by atoms with Crippen molar-refractivity contribution in [3.63, 3.8) is 0 Å². The molecular formula is C19H23N3O2. The molecule has 1 aliphatic heterocycles. The maximum absolute atomic E-state index is 12.2. The van der Waals surface area contributed by atoms with Crippen LogP contribution in [0.1, 0.15) is 11.6 Å². The topological polar surface area (TPSA) is 53.6 Å². The number of para-hydroxylation sites is 1. The first-order valence-electron chi connectivity index (χ1n) is 8.29. The van der Waals surface area contributed by atoms with E-state index in [1.54, 1.807) is 0 Å². The fourth-order valence-electron chi connectivity index (χ4n) is 2.91. The first kappa shape index (κ1) is 16.5. The smallest absolute Gasteiger partial charge is 0.319 e. The van der Waals surface area contributed by atoms with Crippen molar-refractivity contribution in [3.8, 4) is 0 Å². The molecule has 5 heteroatoms. The van der Waals surface area contributed by atoms with Crippen LogP contribution in [-0.4, -0.2) is 43.8 Å². The Morgan fingerprint density at radius 3 is 2.29 bits per heavy atom. The Labute approximate surface area is 142 Å². The number of hydrogen-bond acceptors (Lipinski definition) is 3. The molecule has 0 bridgehead atoms. The first-order chi connectivity index (χ1) is 11.8. The van der Waals surface area contributed by atoms with Crippen molar-refractivity contribution in [2.75, 3.05) is 38.2 Å². The third-order valence-corrected chi connectivity index (χ3v) is 4.16. The van der Waals surface area contributed by atoms with Crippen LogP contribution in [0.3, 0.4) is 0 Å². The number of hydrogen-bond donors (Lipinski definition) is 2. The molecule has 2 amide bonds. The van der Waals surface area contributed by atoms with Gasteiger partial charge in [0, 0.05) is 25.3 Å². The number of benzene rings is 2. The molecule has 1 saturated heterocycles. The van der Waals surface area contributed by atoms with Crippen molar-refractivity contribution in [2.45, 2.75) is 6.04 Å². The third-order valence-electron chi connectivity index (χ3n) is 4.16. The number of morpholine rings is 1. The fourth-order valence-corrected chi connectivity index (χ4v) is 2.91. The summed E-state index contributed by atoms with van der Waals surface area (Å²) in [6.07, 6.45) is 0. The zero-order chi connectivity index (χ0) is 16.6. The highest BCUT2D eigenvalue weighted by atomic mass is 16.5. The van der Waals surface area contributed by atoms with Crippen molar-refractivity contribution in [1.29, 1.82) is 0 Å². The summed E-state index contributed by atoms with van der Waals surface area (Å²) in [6, 6.07) is 19.7. The maximum Gasteiger partial charge on any atom is 0.319 e. The van der Waals surface area contributed by atoms with Gasteiger partial charge in [0.25, 0.3) is 0 Å². The summed E-state index contributed by atoms with van der Waals surface area (Å²) in [5, 5.41) is 5.85. The van der Waals surface area contributed by atoms with Crippen molar-refractivity contribution >= 4 is 11.7 Å². The molecule has 24 heavy (non-hydrogen) atoms. The fraction of sp³-hybridized carbons (Fsp3) is 0.316. The van der Waals surface area contributed by atoms with Crippen LogP contribution in [0.5, 0.6) is 0 Å². The van der Waals surface area contributed by atoms with E-state index in [2.05, 4.69) is 27.7 Å². The SMILES string of the molecule is O=C(NCC(c1ccccc1)N1CCOCC1)Nc1ccccc1. The normalized spacial score (nSPS) is 16.3. The minimum Gasteiger partial charge on any atom is -0.379 e. The molecule has 0 aromatic heterocycles. The van der Waals surface area contributed by atoms with Crippen LogP contribution in [-0.2, 0) is 4.74 Å². The van der Waals surface area contributed by atoms with Gasteiger partial charge in [-0.25, -0.2) is 4.79 Å². The van der Waals surface area contributed by atoms with E-state index in [0.717, 1.165) is 32.0 Å². The Bertz CT molecular complexity index is 628. The molecule has 0 radical (unpaired) electrons. The molecule has 1 aliphatic rings. The predicted molar refractivity (Wildman–Crippen MR) is 95.0 cm³/mol. The molecule has 1 unspecified atom stereocenters. The van der Waals surface area contributed by atoms with Gasteiger partial charge >= 0.3 is 6.03 Å². The Hall–Kier alpha value is -2.37. The van der Waals surface area contributed by atoms with E-state index in [0.29, 0.717) is 6.54 Å². The number of urea groups is 1. The van der Waals surface area contributed by atoms with Crippen LogP contribution in [0, 0.1) is 0 Å². The first-order valence-corrected chi connectivity index (χ1v) is 8.29. The number of nitrogens with zero attached hydrogens (tertiary/aromatic N) is 1. The minimum absolute atomic E-state index is 0.150. The standard InChI is InChI=1S/C19H23N3O2/c23-19(21-17-9-5-2-6-10-17)20-15-18(16-7-3-1-4-8-16)22-11-13-24-14-12-22/h1-10,18H,11-15H2,(H2,20,21,23). The Morgan fingerprint density at radius 1 is 1.00 bits per heavy atom. The van der Waals surface area contributed by atoms with Gasteiger partial charge in [0.15, 0.2) is 0 Å². The largest absolute Gasteiger partial charge is 0.379 e. The maximum atomic E-state index is 12.2. The van der Waals surface area contributed by atoms with Gasteiger partial charge in [-0.05, 0) is 17.7 Å². The molecule has 1 atom stereocenters. The summed E-state index contributed by atoms with van der Waals surface area (Å²) in [6.45, 7) is 3.78. The van der Waals surface area contributed by atoms with E-state index in [4.69, 9.17) is 4.74 Å². The lowest BCUT2D eigenvalue weighted by atomic mass is 10.0. The molecule has 2 aromatic carbocycles. The van der Waals surface area contributed by atoms with E-state index >= 15 is 0 Å². The summed E-state index contributed by atoms with van der Waals surface area (Å²) in [5.41, 5.74) is 2.00. The summed E-state index contributed by atoms with van der Waals surface area (Å²) in [4.78, 5) is 14.5. The van der Waals surface area contributed by atoms with Gasteiger partial charge in [0.2, 0.25) is 0 Å². The average molecular weight is 325 g/mol. The molecule has 0 spiro atoms. The van der Waals surface area contributed by atoms with Gasteiger partial charge in [-0.1, -0.05) is 48.5 Å². The minimum atomic E-state index is -0.185. The van der Waals surface area contributed by atoms with Gasteiger partial charge in [0.05, 0.1) is 19.3 Å². The molecule has 0 saturated carbocycles. The number of rotatable bonds is 5. The molecule has 2 aromatic rings. The summed E-state index contributed by atoms with van der Waals surface area (Å²) in [5.74, 6) is 0. The van der Waals surface area contributed by atoms with Gasteiger partial charge in [-0.2, -0.15) is 0 Å². The van der Waals surface area contributed by atoms with Crippen LogP contribution in [0.15, 0.2) is 60.7 Å². The molecule has 1 heterocycles. The van der Waals surface area contributed by atoms with E-state index in [-0.39, 0.29) is 12.1 Å². The van der Waals surface area contributed by atoms with Crippen LogP contribution < -0.4 is 10.6 Å². The molecule has 0 aliphatic carbocycles. The number of carbonyl (C=O) groups excluding carboxylic acids is 1. The number of anilines is 1. The Balaban J connectivity index is 1.62. The lowest BCUT2D eigenvalue weighted by molar-refractivity contribution is 0.0168. The highest BCUT2D eigenvalue weighted by Crippen LogP contribution is 2.21. The Kier molecular flexibility index (Phi) is 5.82. The van der Waals surface area contributed by atoms with E-state index in [1.165, 1.54) is 5.56 Å². The number of nitrogens with one attached hydrogen (secondary N) is 2. The van der Waals surface area contributed by atoms with E-state index in [1.807, 2.05) is 48.5 Å². The van der Waals surface area contributed by atoms with Crippen molar-refractivity contribution in [3.05, 3.63) is 66.2 Å². The summed E-state index contributed by atoms with van der Waals surface area (Å²) in [7, 11) is 0. The molecule has 3 rings (SSSR count). The van der Waals surface area contributed by atoms with Crippen LogP contribution in [0.2, 0.25) is 0 Å². The molecule has 2 N–H and O–H groups in total. The second kappa shape index (κ2) is 8.47. The van der Waals surface area contributed by atoms with Crippen molar-refractivity contribution in [1.82, 2.24) is 10.2 Å². The third kappa shape index (κ3) is 4.57. The molecular weight excluding hydrogens is 302 g/mol. The summed E-state index contributed by atoms with van der Waals surface area (Å²) >= 11 is 0. The molecule has 126 valence electrons. The number of amides is 2. The molecule has 5 nitrogen and oxygen atoms in total. The van der Waals surface area contributed by atoms with Crippen molar-refractivity contribution < 1.29 is 9.53 Å². The lowest BCUT2D eigenvalue weighted by Crippen LogP contribution is -2.44. The van der Waals surface area contributed by atoms with Gasteiger partial charge < -0.3 is 15.4 Å². The lowest BCUT2D eigenvalue weighted by Gasteiger charge is -2.34. The number of ether oxygens (including phenoxy) is 1. The van der Waals surface area contributed by atoms with Gasteiger partial charge in [-0.3, -0.25) is 4.90 Å². The molecule has 1 fully saturated rings. The average Bonchev–Trinajstić information content (AvgIpc) is 2.64. The van der Waals surface area contributed by atoms with Crippen LogP contribution in [0.25, 0.3) is 0 Å². The zero-order valence-corrected chi connectivity index (χ0v) is 13.7. The Morgan fingerprint density at radius 2 is 1.62 bits per heavy atom. The zero-order valence-electron chi connectivity index (χ0n) is 13.7. The van der Waals surface area contributed by atoms with Crippen LogP contribution >= 0.6 is 0 Å². The highest BCUT2D eigenvalue weighted by molar-refractivity contribution is 5.89. The monoisotopic (exact) mass is 325 g/mol. The predicted octanol–water partition coefficient (Wildman–Crippen LogP) is 2.88. The second-order valence-electron chi connectivity index (χ2n) is 5.78. The number of carbonyl (C=O) groups is 1. The van der Waals surface area contributed by atoms with E-state index < -0.39 is 0 Å². The summed E-state index contributed by atoms with van der Waals surface area (Å²) < 4.78 is 5.45. The van der Waals surface area contributed by atoms with Crippen molar-refractivity contribution in [2.24, 2.45) is 0 Å². The second-order valence-corrected chi connectivity index (χ2v) is 5.78. The van der Waals surface area contributed by atoms with Gasteiger partial charge in [-0.15, -0.1) is 0 Å². The highest BCUT2D eigenvalue weighted by Gasteiger charge is 2.22. The van der Waals surface area contributed by atoms with Crippen LogP contribution in [0.4, 0.5) is 10.5 Å². The van der Waals surface area contributed by atoms with Gasteiger partial charge in [0.1, 0.15) is 0 Å². The quantitative estimate of drug-likeness (QED) is 0.889. The van der Waals surface area contributed by atoms with E-state index in [9.17, 15) is 4.79 Å².